The van der Waals surface area contributed by atoms with Crippen LogP contribution in [0, 0.1) is 0 Å². The molecule has 1 aliphatic rings. The van der Waals surface area contributed by atoms with Gasteiger partial charge in [-0.05, 0) is 35.8 Å². The molecule has 1 aliphatic heterocycles. The predicted molar refractivity (Wildman–Crippen MR) is 133 cm³/mol. The molecule has 0 aliphatic carbocycles. The lowest BCUT2D eigenvalue weighted by Crippen LogP contribution is -2.26. The van der Waals surface area contributed by atoms with E-state index in [0.717, 1.165) is 45.6 Å². The molecule has 2 aromatic carbocycles. The van der Waals surface area contributed by atoms with Crippen molar-refractivity contribution in [3.63, 3.8) is 0 Å². The van der Waals surface area contributed by atoms with E-state index in [4.69, 9.17) is 10.5 Å². The highest BCUT2D eigenvalue weighted by Gasteiger charge is 2.32. The highest BCUT2D eigenvalue weighted by molar-refractivity contribution is 6.02. The van der Waals surface area contributed by atoms with E-state index in [9.17, 15) is 4.79 Å². The average molecular weight is 454 g/mol. The summed E-state index contributed by atoms with van der Waals surface area (Å²) in [6.07, 6.45) is 3.73. The molecule has 1 saturated heterocycles. The van der Waals surface area contributed by atoms with Crippen LogP contribution in [0.15, 0.2) is 73.6 Å². The summed E-state index contributed by atoms with van der Waals surface area (Å²) < 4.78 is 8.07. The number of anilines is 1. The number of carbonyl (C=O) groups excluding carboxylic acids is 1. The van der Waals surface area contributed by atoms with Crippen LogP contribution < -0.4 is 10.5 Å². The molecule has 7 heteroatoms. The van der Waals surface area contributed by atoms with E-state index in [-0.39, 0.29) is 11.8 Å². The lowest BCUT2D eigenvalue weighted by atomic mass is 9.94. The van der Waals surface area contributed by atoms with Gasteiger partial charge < -0.3 is 19.9 Å². The lowest BCUT2D eigenvalue weighted by Gasteiger charge is -2.17. The number of aryl methyl sites for hydroxylation is 1. The predicted octanol–water partition coefficient (Wildman–Crippen LogP) is 4.30. The molecule has 0 saturated carbocycles. The molecule has 172 valence electrons. The Labute approximate surface area is 198 Å². The second-order valence-electron chi connectivity index (χ2n) is 8.55. The Balaban J connectivity index is 1.52. The third-order valence-corrected chi connectivity index (χ3v) is 6.49. The maximum Gasteiger partial charge on any atom is 0.245 e. The van der Waals surface area contributed by atoms with Crippen molar-refractivity contribution in [2.24, 2.45) is 7.05 Å². The molecule has 34 heavy (non-hydrogen) atoms. The van der Waals surface area contributed by atoms with Crippen LogP contribution in [-0.4, -0.2) is 38.4 Å². The van der Waals surface area contributed by atoms with E-state index in [2.05, 4.69) is 21.1 Å². The van der Waals surface area contributed by atoms with Gasteiger partial charge in [0.15, 0.2) is 0 Å². The molecule has 0 bridgehead atoms. The van der Waals surface area contributed by atoms with Crippen LogP contribution in [0.2, 0.25) is 0 Å². The molecule has 5 rings (SSSR count). The summed E-state index contributed by atoms with van der Waals surface area (Å²) >= 11 is 0. The smallest absolute Gasteiger partial charge is 0.245 e. The van der Waals surface area contributed by atoms with Crippen LogP contribution in [-0.2, 0) is 18.4 Å². The summed E-state index contributed by atoms with van der Waals surface area (Å²) in [4.78, 5) is 22.8. The van der Waals surface area contributed by atoms with Crippen LogP contribution >= 0.6 is 0 Å². The van der Waals surface area contributed by atoms with Gasteiger partial charge >= 0.3 is 0 Å². The number of nitrogens with zero attached hydrogens (tertiary/aromatic N) is 4. The molecule has 7 nitrogen and oxygen atoms in total. The fraction of sp³-hybridized carbons (Fsp3) is 0.222. The zero-order chi connectivity index (χ0) is 23.7. The van der Waals surface area contributed by atoms with Crippen molar-refractivity contribution in [3.05, 3.63) is 84.8 Å². The van der Waals surface area contributed by atoms with Gasteiger partial charge in [0.2, 0.25) is 5.91 Å². The number of aromatic nitrogens is 3. The summed E-state index contributed by atoms with van der Waals surface area (Å²) in [6.45, 7) is 5.47. The lowest BCUT2D eigenvalue weighted by molar-refractivity contribution is -0.125. The van der Waals surface area contributed by atoms with Gasteiger partial charge in [-0.15, -0.1) is 0 Å². The van der Waals surface area contributed by atoms with Gasteiger partial charge in [0.1, 0.15) is 30.1 Å². The van der Waals surface area contributed by atoms with Crippen molar-refractivity contribution >= 4 is 22.8 Å². The van der Waals surface area contributed by atoms with Crippen molar-refractivity contribution in [2.45, 2.75) is 18.9 Å². The van der Waals surface area contributed by atoms with Crippen LogP contribution in [0.25, 0.3) is 22.2 Å². The maximum absolute atomic E-state index is 12.2. The largest absolute Gasteiger partial charge is 0.489 e. The quantitative estimate of drug-likeness (QED) is 0.440. The minimum atomic E-state index is -0.0398. The Morgan fingerprint density at radius 2 is 1.94 bits per heavy atom. The SMILES string of the molecule is C=CC(=O)N1CCC(c2c(-c3ccc(OCc4ccccc4)cc3)c3c(N)ncnc3n2C)C1. The number of nitrogens with two attached hydrogens (primary N) is 1. The third kappa shape index (κ3) is 3.90. The Morgan fingerprint density at radius 3 is 2.68 bits per heavy atom. The average Bonchev–Trinajstić information content (AvgIpc) is 3.47. The number of amides is 1. The fourth-order valence-electron chi connectivity index (χ4n) is 4.84. The number of hydrogen-bond acceptors (Lipinski definition) is 5. The van der Waals surface area contributed by atoms with Crippen LogP contribution in [0.5, 0.6) is 5.75 Å². The molecule has 0 radical (unpaired) electrons. The molecule has 2 N–H and O–H groups in total. The van der Waals surface area contributed by atoms with Crippen LogP contribution in [0.3, 0.4) is 0 Å². The van der Waals surface area contributed by atoms with E-state index in [0.29, 0.717) is 25.5 Å². The molecule has 1 atom stereocenters. The van der Waals surface area contributed by atoms with E-state index >= 15 is 0 Å². The molecule has 1 amide bonds. The van der Waals surface area contributed by atoms with Crippen molar-refractivity contribution in [1.29, 1.82) is 0 Å². The molecule has 2 aromatic heterocycles. The molecular weight excluding hydrogens is 426 g/mol. The molecule has 4 aromatic rings. The van der Waals surface area contributed by atoms with E-state index in [1.165, 1.54) is 12.4 Å². The first-order valence-corrected chi connectivity index (χ1v) is 11.3. The molecular formula is C27H27N5O2. The van der Waals surface area contributed by atoms with Crippen molar-refractivity contribution in [3.8, 4) is 16.9 Å². The number of hydrogen-bond donors (Lipinski definition) is 1. The number of ether oxygens (including phenoxy) is 1. The van der Waals surface area contributed by atoms with Gasteiger partial charge in [-0.3, -0.25) is 4.79 Å². The second-order valence-corrected chi connectivity index (χ2v) is 8.55. The van der Waals surface area contributed by atoms with Gasteiger partial charge in [0, 0.05) is 37.3 Å². The highest BCUT2D eigenvalue weighted by Crippen LogP contribution is 2.42. The Hall–Kier alpha value is -4.13. The summed E-state index contributed by atoms with van der Waals surface area (Å²) in [6, 6.07) is 18.1. The van der Waals surface area contributed by atoms with Gasteiger partial charge in [-0.25, -0.2) is 9.97 Å². The Bertz CT molecular complexity index is 1350. The third-order valence-electron chi connectivity index (χ3n) is 6.49. The minimum absolute atomic E-state index is 0.0398. The zero-order valence-corrected chi connectivity index (χ0v) is 19.1. The second kappa shape index (κ2) is 9.02. The summed E-state index contributed by atoms with van der Waals surface area (Å²) in [5, 5.41) is 0.839. The molecule has 3 heterocycles. The molecule has 0 spiro atoms. The number of likely N-dealkylation sites (tertiary alicyclic amines) is 1. The van der Waals surface area contributed by atoms with Gasteiger partial charge in [0.25, 0.3) is 0 Å². The Morgan fingerprint density at radius 1 is 1.18 bits per heavy atom. The van der Waals surface area contributed by atoms with Gasteiger partial charge in [-0.2, -0.15) is 0 Å². The van der Waals surface area contributed by atoms with Crippen molar-refractivity contribution in [1.82, 2.24) is 19.4 Å². The van der Waals surface area contributed by atoms with E-state index in [1.54, 1.807) is 0 Å². The van der Waals surface area contributed by atoms with Gasteiger partial charge in [0.05, 0.1) is 5.39 Å². The maximum atomic E-state index is 12.2. The molecule has 1 unspecified atom stereocenters. The number of benzene rings is 2. The van der Waals surface area contributed by atoms with Gasteiger partial charge in [-0.1, -0.05) is 49.0 Å². The van der Waals surface area contributed by atoms with E-state index in [1.807, 2.05) is 66.5 Å². The van der Waals surface area contributed by atoms with E-state index < -0.39 is 0 Å². The zero-order valence-electron chi connectivity index (χ0n) is 19.1. The summed E-state index contributed by atoms with van der Waals surface area (Å²) in [5.74, 6) is 1.36. The minimum Gasteiger partial charge on any atom is -0.489 e. The topological polar surface area (TPSA) is 86.3 Å². The fourth-order valence-corrected chi connectivity index (χ4v) is 4.84. The van der Waals surface area contributed by atoms with Crippen molar-refractivity contribution < 1.29 is 9.53 Å². The highest BCUT2D eigenvalue weighted by atomic mass is 16.5. The van der Waals surface area contributed by atoms with Crippen molar-refractivity contribution in [2.75, 3.05) is 18.8 Å². The summed E-state index contributed by atoms with van der Waals surface area (Å²) in [5.41, 5.74) is 11.4. The molecule has 1 fully saturated rings. The standard InChI is InChI=1S/C27H27N5O2/c1-3-22(33)32-14-13-20(15-32)25-23(24-26(28)29-17-30-27(24)31(25)2)19-9-11-21(12-10-19)34-16-18-7-5-4-6-8-18/h3-12,17,20H,1,13-16H2,2H3,(H2,28,29,30). The first kappa shape index (κ1) is 21.7. The number of carbonyl (C=O) groups is 1. The number of nitrogen functional groups attached to an aromatic ring is 1. The van der Waals surface area contributed by atoms with Crippen LogP contribution in [0.4, 0.5) is 5.82 Å². The Kier molecular flexibility index (Phi) is 5.76. The normalized spacial score (nSPS) is 15.6. The number of fused-ring (bicyclic) bond motifs is 1. The summed E-state index contributed by atoms with van der Waals surface area (Å²) in [7, 11) is 2.00. The first-order valence-electron chi connectivity index (χ1n) is 11.3. The first-order chi connectivity index (χ1) is 16.6. The monoisotopic (exact) mass is 453 g/mol. The number of rotatable bonds is 6. The van der Waals surface area contributed by atoms with Crippen LogP contribution in [0.1, 0.15) is 23.6 Å².